The van der Waals surface area contributed by atoms with Crippen LogP contribution in [0.1, 0.15) is 5.82 Å². The van der Waals surface area contributed by atoms with Gasteiger partial charge in [0, 0.05) is 11.6 Å². The van der Waals surface area contributed by atoms with Crippen molar-refractivity contribution < 1.29 is 0 Å². The Balaban J connectivity index is 1.88. The lowest BCUT2D eigenvalue weighted by atomic mass is 10.2. The molecule has 0 radical (unpaired) electrons. The molecule has 0 aliphatic rings. The van der Waals surface area contributed by atoms with Crippen LogP contribution in [-0.4, -0.2) is 25.0 Å². The molecule has 1 aromatic carbocycles. The monoisotopic (exact) mass is 287 g/mol. The van der Waals surface area contributed by atoms with E-state index in [0.717, 1.165) is 5.56 Å². The summed E-state index contributed by atoms with van der Waals surface area (Å²) in [4.78, 5) is 16.0. The third-order valence-corrected chi connectivity index (χ3v) is 2.90. The molecule has 0 atom stereocenters. The van der Waals surface area contributed by atoms with E-state index in [0.29, 0.717) is 11.6 Å². The summed E-state index contributed by atoms with van der Waals surface area (Å²) in [6.07, 6.45) is 0. The summed E-state index contributed by atoms with van der Waals surface area (Å²) in [5, 5.41) is 11.1. The summed E-state index contributed by atoms with van der Waals surface area (Å²) in [6, 6.07) is 12.4. The van der Waals surface area contributed by atoms with E-state index in [-0.39, 0.29) is 17.3 Å². The molecule has 2 heterocycles. The predicted molar refractivity (Wildman–Crippen MR) is 74.4 cm³/mol. The predicted octanol–water partition coefficient (Wildman–Crippen LogP) is 1.73. The molecule has 3 aromatic rings. The maximum absolute atomic E-state index is 11.6. The van der Waals surface area contributed by atoms with Crippen molar-refractivity contribution in [1.82, 2.24) is 25.0 Å². The Bertz CT molecular complexity index is 781. The summed E-state index contributed by atoms with van der Waals surface area (Å²) < 4.78 is 1.23. The quantitative estimate of drug-likeness (QED) is 0.796. The molecule has 0 fully saturated rings. The van der Waals surface area contributed by atoms with Crippen molar-refractivity contribution in [3.63, 3.8) is 0 Å². The van der Waals surface area contributed by atoms with Crippen molar-refractivity contribution >= 4 is 11.6 Å². The number of hydrogen-bond acceptors (Lipinski definition) is 4. The van der Waals surface area contributed by atoms with Gasteiger partial charge >= 0.3 is 0 Å². The average molecular weight is 288 g/mol. The lowest BCUT2D eigenvalue weighted by molar-refractivity contribution is 0.616. The highest BCUT2D eigenvalue weighted by Crippen LogP contribution is 2.13. The van der Waals surface area contributed by atoms with Crippen LogP contribution in [0.3, 0.4) is 0 Å². The van der Waals surface area contributed by atoms with Gasteiger partial charge in [0.2, 0.25) is 0 Å². The first kappa shape index (κ1) is 12.6. The zero-order valence-electron chi connectivity index (χ0n) is 10.3. The first-order valence-corrected chi connectivity index (χ1v) is 6.30. The topological polar surface area (TPSA) is 76.5 Å². The van der Waals surface area contributed by atoms with Crippen molar-refractivity contribution in [2.75, 3.05) is 0 Å². The highest BCUT2D eigenvalue weighted by atomic mass is 35.5. The SMILES string of the molecule is O=c1ccc(Cl)nn1Cc1nc(-c2ccccc2)n[nH]1. The Morgan fingerprint density at radius 1 is 1.15 bits per heavy atom. The number of benzene rings is 1. The minimum atomic E-state index is -0.243. The molecule has 0 saturated carbocycles. The molecule has 1 N–H and O–H groups in total. The largest absolute Gasteiger partial charge is 0.268 e. The maximum Gasteiger partial charge on any atom is 0.267 e. The molecule has 20 heavy (non-hydrogen) atoms. The van der Waals surface area contributed by atoms with Gasteiger partial charge < -0.3 is 0 Å². The summed E-state index contributed by atoms with van der Waals surface area (Å²) in [5.41, 5.74) is 0.661. The van der Waals surface area contributed by atoms with Crippen LogP contribution in [0, 0.1) is 0 Å². The van der Waals surface area contributed by atoms with Gasteiger partial charge in [0.15, 0.2) is 5.82 Å². The molecule has 0 unspecified atom stereocenters. The average Bonchev–Trinajstić information content (AvgIpc) is 2.92. The van der Waals surface area contributed by atoms with Gasteiger partial charge in [0.25, 0.3) is 5.56 Å². The van der Waals surface area contributed by atoms with E-state index in [4.69, 9.17) is 11.6 Å². The van der Waals surface area contributed by atoms with Gasteiger partial charge in [-0.05, 0) is 6.07 Å². The second-order valence-corrected chi connectivity index (χ2v) is 4.51. The first-order valence-electron chi connectivity index (χ1n) is 5.93. The summed E-state index contributed by atoms with van der Waals surface area (Å²) in [6.45, 7) is 0.194. The van der Waals surface area contributed by atoms with Crippen LogP contribution in [0.4, 0.5) is 0 Å². The number of nitrogens with one attached hydrogen (secondary N) is 1. The Labute approximate surface area is 119 Å². The Hall–Kier alpha value is -2.47. The number of halogens is 1. The van der Waals surface area contributed by atoms with Gasteiger partial charge in [-0.3, -0.25) is 9.89 Å². The van der Waals surface area contributed by atoms with Crippen LogP contribution < -0.4 is 5.56 Å². The lowest BCUT2D eigenvalue weighted by Crippen LogP contribution is -2.22. The Kier molecular flexibility index (Phi) is 3.30. The molecule has 2 aromatic heterocycles. The van der Waals surface area contributed by atoms with Crippen molar-refractivity contribution in [2.24, 2.45) is 0 Å². The summed E-state index contributed by atoms with van der Waals surface area (Å²) in [7, 11) is 0. The Morgan fingerprint density at radius 2 is 1.95 bits per heavy atom. The third kappa shape index (κ3) is 2.60. The number of aromatic amines is 1. The first-order chi connectivity index (χ1) is 9.72. The number of rotatable bonds is 3. The molecule has 100 valence electrons. The van der Waals surface area contributed by atoms with E-state index in [9.17, 15) is 4.79 Å². The number of nitrogens with zero attached hydrogens (tertiary/aromatic N) is 4. The van der Waals surface area contributed by atoms with Gasteiger partial charge in [0.05, 0.1) is 0 Å². The van der Waals surface area contributed by atoms with E-state index in [1.807, 2.05) is 30.3 Å². The van der Waals surface area contributed by atoms with E-state index in [1.165, 1.54) is 16.8 Å². The molecule has 0 saturated heterocycles. The molecule has 0 amide bonds. The second-order valence-electron chi connectivity index (χ2n) is 4.12. The van der Waals surface area contributed by atoms with Crippen LogP contribution in [0.5, 0.6) is 0 Å². The van der Waals surface area contributed by atoms with Crippen LogP contribution in [0.15, 0.2) is 47.3 Å². The van der Waals surface area contributed by atoms with E-state index >= 15 is 0 Å². The van der Waals surface area contributed by atoms with Gasteiger partial charge in [-0.1, -0.05) is 41.9 Å². The zero-order chi connectivity index (χ0) is 13.9. The smallest absolute Gasteiger partial charge is 0.267 e. The third-order valence-electron chi connectivity index (χ3n) is 2.70. The summed E-state index contributed by atoms with van der Waals surface area (Å²) in [5.74, 6) is 1.12. The molecule has 0 spiro atoms. The summed E-state index contributed by atoms with van der Waals surface area (Å²) >= 11 is 5.77. The number of H-pyrrole nitrogens is 1. The van der Waals surface area contributed by atoms with Gasteiger partial charge in [0.1, 0.15) is 17.5 Å². The van der Waals surface area contributed by atoms with E-state index in [2.05, 4.69) is 20.3 Å². The van der Waals surface area contributed by atoms with Crippen molar-refractivity contribution in [2.45, 2.75) is 6.54 Å². The van der Waals surface area contributed by atoms with E-state index < -0.39 is 0 Å². The van der Waals surface area contributed by atoms with Crippen LogP contribution >= 0.6 is 11.6 Å². The minimum Gasteiger partial charge on any atom is -0.268 e. The second kappa shape index (κ2) is 5.26. The molecular weight excluding hydrogens is 278 g/mol. The maximum atomic E-state index is 11.6. The fraction of sp³-hybridized carbons (Fsp3) is 0.0769. The zero-order valence-corrected chi connectivity index (χ0v) is 11.1. The molecule has 3 rings (SSSR count). The normalized spacial score (nSPS) is 10.7. The minimum absolute atomic E-state index is 0.194. The molecule has 6 nitrogen and oxygen atoms in total. The van der Waals surface area contributed by atoms with Crippen LogP contribution in [0.25, 0.3) is 11.4 Å². The fourth-order valence-corrected chi connectivity index (χ4v) is 1.92. The highest BCUT2D eigenvalue weighted by Gasteiger charge is 2.07. The molecule has 0 aliphatic carbocycles. The van der Waals surface area contributed by atoms with E-state index in [1.54, 1.807) is 0 Å². The van der Waals surface area contributed by atoms with Gasteiger partial charge in [-0.15, -0.1) is 0 Å². The lowest BCUT2D eigenvalue weighted by Gasteiger charge is -2.00. The van der Waals surface area contributed by atoms with Crippen molar-refractivity contribution in [1.29, 1.82) is 0 Å². The van der Waals surface area contributed by atoms with Gasteiger partial charge in [-0.25, -0.2) is 9.67 Å². The standard InChI is InChI=1S/C13H10ClN5O/c14-10-6-7-12(20)19(18-10)8-11-15-13(17-16-11)9-4-2-1-3-5-9/h1-7H,8H2,(H,15,16,17). The fourth-order valence-electron chi connectivity index (χ4n) is 1.76. The number of aromatic nitrogens is 5. The van der Waals surface area contributed by atoms with Crippen LogP contribution in [0.2, 0.25) is 5.15 Å². The highest BCUT2D eigenvalue weighted by molar-refractivity contribution is 6.29. The molecule has 7 heteroatoms. The molecule has 0 aliphatic heterocycles. The van der Waals surface area contributed by atoms with Crippen molar-refractivity contribution in [3.8, 4) is 11.4 Å². The van der Waals surface area contributed by atoms with Gasteiger partial charge in [-0.2, -0.15) is 10.2 Å². The van der Waals surface area contributed by atoms with Crippen molar-refractivity contribution in [3.05, 3.63) is 63.8 Å². The Morgan fingerprint density at radius 3 is 2.75 bits per heavy atom. The number of hydrogen-bond donors (Lipinski definition) is 1. The molecular formula is C13H10ClN5O. The molecule has 0 bridgehead atoms. The van der Waals surface area contributed by atoms with Crippen LogP contribution in [-0.2, 0) is 6.54 Å².